The van der Waals surface area contributed by atoms with Gasteiger partial charge >= 0.3 is 6.03 Å². The Kier molecular flexibility index (Phi) is 6.41. The molecular formula is C13H22N4O3S. The summed E-state index contributed by atoms with van der Waals surface area (Å²) >= 11 is 0. The number of hydrogen-bond acceptors (Lipinski definition) is 4. The van der Waals surface area contributed by atoms with Crippen LogP contribution in [0, 0.1) is 0 Å². The van der Waals surface area contributed by atoms with Crippen molar-refractivity contribution in [2.75, 3.05) is 17.3 Å². The van der Waals surface area contributed by atoms with Crippen molar-refractivity contribution in [1.29, 1.82) is 0 Å². The zero-order valence-electron chi connectivity index (χ0n) is 12.4. The van der Waals surface area contributed by atoms with Crippen LogP contribution in [0.1, 0.15) is 19.8 Å². The fourth-order valence-corrected chi connectivity index (χ4v) is 2.20. The van der Waals surface area contributed by atoms with Gasteiger partial charge < -0.3 is 5.32 Å². The summed E-state index contributed by atoms with van der Waals surface area (Å²) in [5.41, 5.74) is 0. The van der Waals surface area contributed by atoms with Gasteiger partial charge in [-0.25, -0.2) is 13.2 Å². The van der Waals surface area contributed by atoms with E-state index in [0.29, 0.717) is 12.2 Å². The number of nitrogens with zero attached hydrogens (tertiary/aromatic N) is 2. The van der Waals surface area contributed by atoms with E-state index < -0.39 is 9.84 Å². The van der Waals surface area contributed by atoms with Gasteiger partial charge in [-0.3, -0.25) is 10.00 Å². The van der Waals surface area contributed by atoms with Crippen LogP contribution in [0.2, 0.25) is 0 Å². The largest absolute Gasteiger partial charge is 0.335 e. The molecule has 2 amide bonds. The lowest BCUT2D eigenvalue weighted by atomic mass is 10.1. The fourth-order valence-electron chi connectivity index (χ4n) is 1.68. The van der Waals surface area contributed by atoms with Crippen LogP contribution in [0.15, 0.2) is 24.9 Å². The Morgan fingerprint density at radius 1 is 1.57 bits per heavy atom. The molecule has 21 heavy (non-hydrogen) atoms. The van der Waals surface area contributed by atoms with E-state index in [1.807, 2.05) is 6.92 Å². The molecule has 1 rings (SSSR count). The van der Waals surface area contributed by atoms with Crippen molar-refractivity contribution in [1.82, 2.24) is 15.1 Å². The van der Waals surface area contributed by atoms with E-state index in [0.717, 1.165) is 6.42 Å². The van der Waals surface area contributed by atoms with Crippen LogP contribution in [-0.4, -0.2) is 42.3 Å². The average molecular weight is 314 g/mol. The van der Waals surface area contributed by atoms with Crippen molar-refractivity contribution in [3.8, 4) is 0 Å². The highest BCUT2D eigenvalue weighted by Gasteiger charge is 2.10. The van der Waals surface area contributed by atoms with Crippen molar-refractivity contribution in [2.45, 2.75) is 32.4 Å². The van der Waals surface area contributed by atoms with Gasteiger partial charge in [0.2, 0.25) is 0 Å². The first-order valence-corrected chi connectivity index (χ1v) is 8.79. The molecule has 1 aromatic heterocycles. The van der Waals surface area contributed by atoms with Gasteiger partial charge in [-0.2, -0.15) is 5.10 Å². The highest BCUT2D eigenvalue weighted by molar-refractivity contribution is 7.90. The number of carbonyl (C=O) groups is 1. The summed E-state index contributed by atoms with van der Waals surface area (Å²) in [5.74, 6) is 0.395. The van der Waals surface area contributed by atoms with Gasteiger partial charge in [0.25, 0.3) is 0 Å². The summed E-state index contributed by atoms with van der Waals surface area (Å²) in [4.78, 5) is 11.8. The first-order valence-electron chi connectivity index (χ1n) is 6.73. The molecule has 0 spiro atoms. The van der Waals surface area contributed by atoms with E-state index in [-0.39, 0.29) is 24.4 Å². The molecule has 0 fully saturated rings. The molecule has 7 nitrogen and oxygen atoms in total. The van der Waals surface area contributed by atoms with E-state index in [1.165, 1.54) is 10.9 Å². The van der Waals surface area contributed by atoms with Crippen LogP contribution in [0.25, 0.3) is 0 Å². The van der Waals surface area contributed by atoms with Gasteiger partial charge in [0, 0.05) is 24.6 Å². The smallest absolute Gasteiger partial charge is 0.320 e. The topological polar surface area (TPSA) is 93.1 Å². The van der Waals surface area contributed by atoms with Gasteiger partial charge in [-0.1, -0.05) is 13.0 Å². The molecule has 0 aliphatic heterocycles. The first-order chi connectivity index (χ1) is 9.84. The molecule has 0 saturated heterocycles. The highest BCUT2D eigenvalue weighted by Crippen LogP contribution is 2.04. The summed E-state index contributed by atoms with van der Waals surface area (Å²) in [6.45, 7) is 5.89. The van der Waals surface area contributed by atoms with Crippen LogP contribution in [0.4, 0.5) is 10.6 Å². The summed E-state index contributed by atoms with van der Waals surface area (Å²) < 4.78 is 23.6. The molecule has 8 heteroatoms. The predicted molar refractivity (Wildman–Crippen MR) is 83.0 cm³/mol. The summed E-state index contributed by atoms with van der Waals surface area (Å²) in [7, 11) is -3.03. The Balaban J connectivity index is 2.50. The van der Waals surface area contributed by atoms with E-state index in [1.54, 1.807) is 18.3 Å². The van der Waals surface area contributed by atoms with Crippen molar-refractivity contribution >= 4 is 21.7 Å². The minimum absolute atomic E-state index is 0.0115. The molecule has 0 bridgehead atoms. The van der Waals surface area contributed by atoms with E-state index in [4.69, 9.17) is 0 Å². The number of amides is 2. The van der Waals surface area contributed by atoms with Crippen molar-refractivity contribution in [3.63, 3.8) is 0 Å². The Hall–Kier alpha value is -1.83. The summed E-state index contributed by atoms with van der Waals surface area (Å²) in [6.07, 6.45) is 6.07. The second-order valence-electron chi connectivity index (χ2n) is 4.82. The van der Waals surface area contributed by atoms with Gasteiger partial charge in [0.15, 0.2) is 5.82 Å². The summed E-state index contributed by atoms with van der Waals surface area (Å²) in [6, 6.07) is 1.32. The molecule has 1 heterocycles. The Labute approximate surface area is 125 Å². The standard InChI is InChI=1S/C13H22N4O3S/c1-4-6-11(5-2)14-13(18)15-12-7-8-17(16-12)9-10-21(3,19)20/h4,7-8,11H,1,5-6,9-10H2,2-3H3,(H2,14,15,16,18)/t11-/m1/s1. The van der Waals surface area contributed by atoms with Crippen LogP contribution in [0.5, 0.6) is 0 Å². The maximum Gasteiger partial charge on any atom is 0.320 e. The van der Waals surface area contributed by atoms with Gasteiger partial charge in [0.1, 0.15) is 9.84 Å². The first kappa shape index (κ1) is 17.2. The Morgan fingerprint density at radius 3 is 2.86 bits per heavy atom. The van der Waals surface area contributed by atoms with Gasteiger partial charge in [0.05, 0.1) is 12.3 Å². The Morgan fingerprint density at radius 2 is 2.29 bits per heavy atom. The van der Waals surface area contributed by atoms with Crippen LogP contribution in [-0.2, 0) is 16.4 Å². The van der Waals surface area contributed by atoms with Crippen molar-refractivity contribution in [2.24, 2.45) is 0 Å². The quantitative estimate of drug-likeness (QED) is 0.709. The number of anilines is 1. The molecule has 1 atom stereocenters. The lowest BCUT2D eigenvalue weighted by Gasteiger charge is -2.14. The van der Waals surface area contributed by atoms with E-state index in [9.17, 15) is 13.2 Å². The van der Waals surface area contributed by atoms with Crippen LogP contribution < -0.4 is 10.6 Å². The van der Waals surface area contributed by atoms with E-state index >= 15 is 0 Å². The normalized spacial score (nSPS) is 12.7. The molecule has 1 aromatic rings. The number of rotatable bonds is 8. The number of urea groups is 1. The van der Waals surface area contributed by atoms with Crippen LogP contribution in [0.3, 0.4) is 0 Å². The maximum atomic E-state index is 11.8. The fraction of sp³-hybridized carbons (Fsp3) is 0.538. The predicted octanol–water partition coefficient (Wildman–Crippen LogP) is 1.40. The number of carbonyl (C=O) groups excluding carboxylic acids is 1. The van der Waals surface area contributed by atoms with Crippen molar-refractivity contribution in [3.05, 3.63) is 24.9 Å². The molecule has 0 aliphatic rings. The van der Waals surface area contributed by atoms with Crippen LogP contribution >= 0.6 is 0 Å². The monoisotopic (exact) mass is 314 g/mol. The summed E-state index contributed by atoms with van der Waals surface area (Å²) in [5, 5.41) is 9.52. The maximum absolute atomic E-state index is 11.8. The lowest BCUT2D eigenvalue weighted by Crippen LogP contribution is -2.37. The number of nitrogens with one attached hydrogen (secondary N) is 2. The zero-order valence-corrected chi connectivity index (χ0v) is 13.2. The van der Waals surface area contributed by atoms with Crippen molar-refractivity contribution < 1.29 is 13.2 Å². The van der Waals surface area contributed by atoms with E-state index in [2.05, 4.69) is 22.3 Å². The third-order valence-corrected chi connectivity index (χ3v) is 3.78. The molecule has 0 aromatic carbocycles. The SMILES string of the molecule is C=CC[C@@H](CC)NC(=O)Nc1ccn(CCS(C)(=O)=O)n1. The second kappa shape index (κ2) is 7.82. The third kappa shape index (κ3) is 6.94. The number of aromatic nitrogens is 2. The number of hydrogen-bond donors (Lipinski definition) is 2. The molecule has 0 radical (unpaired) electrons. The zero-order chi connectivity index (χ0) is 15.9. The molecule has 118 valence electrons. The minimum Gasteiger partial charge on any atom is -0.335 e. The third-order valence-electron chi connectivity index (χ3n) is 2.85. The Bertz CT molecular complexity index is 580. The molecule has 2 N–H and O–H groups in total. The molecule has 0 saturated carbocycles. The van der Waals surface area contributed by atoms with Gasteiger partial charge in [-0.15, -0.1) is 6.58 Å². The molecular weight excluding hydrogens is 292 g/mol. The average Bonchev–Trinajstić information content (AvgIpc) is 2.82. The molecule has 0 unspecified atom stereocenters. The highest BCUT2D eigenvalue weighted by atomic mass is 32.2. The number of aryl methyl sites for hydroxylation is 1. The molecule has 0 aliphatic carbocycles. The lowest BCUT2D eigenvalue weighted by molar-refractivity contribution is 0.248. The minimum atomic E-state index is -3.03. The second-order valence-corrected chi connectivity index (χ2v) is 7.08. The van der Waals surface area contributed by atoms with Gasteiger partial charge in [-0.05, 0) is 12.8 Å². The number of sulfone groups is 1.